The standard InChI is InChI=1S/C44H50N4O5/c1-2-3-4-5-6-7-19-28-53-32-46-39(29-33-31-45-38-27-18-17-26-37(33)38)42(50)47-40(43(51)52)30-41(49)48-44(34-20-11-8-12-21-34,35-22-13-9-14-23-35)36-24-15-10-16-25-36/h8-18,20-27,31-32,39-40,45H,2-7,19,28-30H2,1H3,(H,47,50)(H,48,49)(H,51,52)/b46-32+/t39-,40-/m0/s1. The van der Waals surface area contributed by atoms with Crippen LogP contribution in [0.3, 0.4) is 0 Å². The highest BCUT2D eigenvalue weighted by molar-refractivity contribution is 5.92. The molecule has 9 heteroatoms. The van der Waals surface area contributed by atoms with E-state index in [0.717, 1.165) is 52.4 Å². The van der Waals surface area contributed by atoms with Gasteiger partial charge >= 0.3 is 5.97 Å². The Kier molecular flexibility index (Phi) is 14.4. The van der Waals surface area contributed by atoms with Gasteiger partial charge in [-0.15, -0.1) is 0 Å². The molecule has 4 aromatic carbocycles. The molecule has 0 aliphatic carbocycles. The number of carboxylic acids is 1. The molecule has 5 rings (SSSR count). The Balaban J connectivity index is 1.33. The number of carboxylic acid groups (broad SMARTS) is 1. The number of carbonyl (C=O) groups excluding carboxylic acids is 2. The molecule has 0 radical (unpaired) electrons. The third kappa shape index (κ3) is 10.4. The number of fused-ring (bicyclic) bond motifs is 1. The second-order valence-corrected chi connectivity index (χ2v) is 13.3. The summed E-state index contributed by atoms with van der Waals surface area (Å²) >= 11 is 0. The van der Waals surface area contributed by atoms with E-state index in [2.05, 4.69) is 27.5 Å². The van der Waals surface area contributed by atoms with Gasteiger partial charge in [-0.3, -0.25) is 9.59 Å². The number of ether oxygens (including phenoxy) is 1. The first-order valence-corrected chi connectivity index (χ1v) is 18.6. The lowest BCUT2D eigenvalue weighted by Gasteiger charge is -2.37. The number of aliphatic imine (C=N–C) groups is 1. The Bertz CT molecular complexity index is 1810. The fourth-order valence-corrected chi connectivity index (χ4v) is 6.73. The Hall–Kier alpha value is -5.70. The van der Waals surface area contributed by atoms with Crippen molar-refractivity contribution in [3.05, 3.63) is 144 Å². The SMILES string of the molecule is CCCCCCCCCO/C=N/[C@@H](Cc1c[nH]c2ccccc12)C(=O)N[C@@H](CC(=O)NC(c1ccccc1)(c1ccccc1)c1ccccc1)C(=O)O. The number of hydrogen-bond donors (Lipinski definition) is 4. The van der Waals surface area contributed by atoms with Crippen LogP contribution in [0.5, 0.6) is 0 Å². The average molecular weight is 715 g/mol. The van der Waals surface area contributed by atoms with Crippen LogP contribution >= 0.6 is 0 Å². The zero-order valence-electron chi connectivity index (χ0n) is 30.4. The van der Waals surface area contributed by atoms with E-state index in [0.29, 0.717) is 6.61 Å². The number of unbranched alkanes of at least 4 members (excludes halogenated alkanes) is 6. The molecule has 0 unspecified atom stereocenters. The summed E-state index contributed by atoms with van der Waals surface area (Å²) in [5, 5.41) is 17.1. The lowest BCUT2D eigenvalue weighted by atomic mass is 9.77. The maximum atomic E-state index is 14.0. The van der Waals surface area contributed by atoms with E-state index < -0.39 is 41.8 Å². The van der Waals surface area contributed by atoms with Gasteiger partial charge in [0, 0.05) is 23.5 Å². The first-order valence-electron chi connectivity index (χ1n) is 18.6. The molecule has 2 atom stereocenters. The molecular weight excluding hydrogens is 665 g/mol. The Morgan fingerprint density at radius 3 is 1.91 bits per heavy atom. The largest absolute Gasteiger partial charge is 0.483 e. The number of para-hydroxylation sites is 1. The molecular formula is C44H50N4O5. The minimum Gasteiger partial charge on any atom is -0.483 e. The predicted octanol–water partition coefficient (Wildman–Crippen LogP) is 7.94. The second kappa shape index (κ2) is 19.8. The number of aromatic nitrogens is 1. The van der Waals surface area contributed by atoms with Crippen molar-refractivity contribution in [2.75, 3.05) is 6.61 Å². The lowest BCUT2D eigenvalue weighted by Crippen LogP contribution is -2.52. The molecule has 0 saturated carbocycles. The number of hydrogen-bond acceptors (Lipinski definition) is 5. The number of benzene rings is 4. The number of nitrogens with one attached hydrogen (secondary N) is 3. The van der Waals surface area contributed by atoms with Gasteiger partial charge in [0.05, 0.1) is 13.0 Å². The molecule has 0 spiro atoms. The molecule has 9 nitrogen and oxygen atoms in total. The summed E-state index contributed by atoms with van der Waals surface area (Å²) in [7, 11) is 0. The van der Waals surface area contributed by atoms with Gasteiger partial charge in [-0.25, -0.2) is 9.79 Å². The molecule has 5 aromatic rings. The molecule has 53 heavy (non-hydrogen) atoms. The molecule has 0 fully saturated rings. The fourth-order valence-electron chi connectivity index (χ4n) is 6.73. The zero-order chi connectivity index (χ0) is 37.3. The summed E-state index contributed by atoms with van der Waals surface area (Å²) in [6.45, 7) is 2.68. The summed E-state index contributed by atoms with van der Waals surface area (Å²) < 4.78 is 5.69. The van der Waals surface area contributed by atoms with Crippen molar-refractivity contribution in [1.29, 1.82) is 0 Å². The van der Waals surface area contributed by atoms with Gasteiger partial charge in [-0.2, -0.15) is 0 Å². The van der Waals surface area contributed by atoms with Crippen LogP contribution in [0.1, 0.15) is 80.5 Å². The maximum absolute atomic E-state index is 14.0. The summed E-state index contributed by atoms with van der Waals surface area (Å²) in [5.74, 6) is -2.50. The van der Waals surface area contributed by atoms with Gasteiger partial charge in [0.2, 0.25) is 11.8 Å². The van der Waals surface area contributed by atoms with Crippen LogP contribution in [0.15, 0.2) is 126 Å². The third-order valence-electron chi connectivity index (χ3n) is 9.52. The van der Waals surface area contributed by atoms with Gasteiger partial charge < -0.3 is 25.5 Å². The normalized spacial score (nSPS) is 12.7. The van der Waals surface area contributed by atoms with Crippen molar-refractivity contribution in [2.24, 2.45) is 4.99 Å². The highest BCUT2D eigenvalue weighted by Crippen LogP contribution is 2.37. The highest BCUT2D eigenvalue weighted by atomic mass is 16.5. The first-order chi connectivity index (χ1) is 25.9. The van der Waals surface area contributed by atoms with Crippen LogP contribution in [0.2, 0.25) is 0 Å². The van der Waals surface area contributed by atoms with Gasteiger partial charge in [0.1, 0.15) is 17.6 Å². The van der Waals surface area contributed by atoms with Crippen molar-refractivity contribution in [1.82, 2.24) is 15.6 Å². The van der Waals surface area contributed by atoms with E-state index in [1.807, 2.05) is 121 Å². The topological polar surface area (TPSA) is 133 Å². The van der Waals surface area contributed by atoms with Crippen molar-refractivity contribution >= 4 is 35.1 Å². The summed E-state index contributed by atoms with van der Waals surface area (Å²) in [6, 6.07) is 33.9. The van der Waals surface area contributed by atoms with E-state index >= 15 is 0 Å². The van der Waals surface area contributed by atoms with Crippen LogP contribution in [0.25, 0.3) is 10.9 Å². The molecule has 2 amide bonds. The van der Waals surface area contributed by atoms with Gasteiger partial charge in [-0.05, 0) is 34.7 Å². The van der Waals surface area contributed by atoms with E-state index in [4.69, 9.17) is 4.74 Å². The molecule has 0 saturated heterocycles. The summed E-state index contributed by atoms with van der Waals surface area (Å²) in [6.07, 6.45) is 10.8. The first kappa shape index (κ1) is 38.5. The number of amides is 2. The highest BCUT2D eigenvalue weighted by Gasteiger charge is 2.39. The Morgan fingerprint density at radius 2 is 1.32 bits per heavy atom. The minimum atomic E-state index is -1.52. The van der Waals surface area contributed by atoms with Crippen molar-refractivity contribution in [3.8, 4) is 0 Å². The van der Waals surface area contributed by atoms with Crippen molar-refractivity contribution < 1.29 is 24.2 Å². The van der Waals surface area contributed by atoms with Crippen LogP contribution in [0.4, 0.5) is 0 Å². The number of rotatable bonds is 21. The van der Waals surface area contributed by atoms with E-state index in [9.17, 15) is 19.5 Å². The van der Waals surface area contributed by atoms with Crippen LogP contribution in [0, 0.1) is 0 Å². The number of carbonyl (C=O) groups is 3. The maximum Gasteiger partial charge on any atom is 0.326 e. The van der Waals surface area contributed by atoms with Crippen LogP contribution < -0.4 is 10.6 Å². The number of nitrogens with zero attached hydrogens (tertiary/aromatic N) is 1. The summed E-state index contributed by atoms with van der Waals surface area (Å²) in [5.41, 5.74) is 3.03. The molecule has 0 bridgehead atoms. The minimum absolute atomic E-state index is 0.199. The molecule has 276 valence electrons. The molecule has 1 heterocycles. The van der Waals surface area contributed by atoms with Crippen LogP contribution in [-0.2, 0) is 31.1 Å². The number of aliphatic carboxylic acids is 1. The third-order valence-corrected chi connectivity index (χ3v) is 9.52. The number of aromatic amines is 1. The fraction of sp³-hybridized carbons (Fsp3) is 0.318. The monoisotopic (exact) mass is 714 g/mol. The molecule has 0 aliphatic heterocycles. The average Bonchev–Trinajstić information content (AvgIpc) is 3.60. The van der Waals surface area contributed by atoms with Gasteiger partial charge in [-0.1, -0.05) is 155 Å². The van der Waals surface area contributed by atoms with Crippen molar-refractivity contribution in [3.63, 3.8) is 0 Å². The second-order valence-electron chi connectivity index (χ2n) is 13.3. The Morgan fingerprint density at radius 1 is 0.774 bits per heavy atom. The van der Waals surface area contributed by atoms with Gasteiger partial charge in [0.25, 0.3) is 0 Å². The van der Waals surface area contributed by atoms with E-state index in [1.54, 1.807) is 0 Å². The number of H-pyrrole nitrogens is 1. The zero-order valence-corrected chi connectivity index (χ0v) is 30.4. The quantitative estimate of drug-likeness (QED) is 0.0265. The molecule has 0 aliphatic rings. The summed E-state index contributed by atoms with van der Waals surface area (Å²) in [4.78, 5) is 48.2. The van der Waals surface area contributed by atoms with Crippen molar-refractivity contribution in [2.45, 2.75) is 82.3 Å². The Labute approximate surface area is 311 Å². The molecule has 4 N–H and O–H groups in total. The smallest absolute Gasteiger partial charge is 0.326 e. The van der Waals surface area contributed by atoms with E-state index in [-0.39, 0.29) is 6.42 Å². The van der Waals surface area contributed by atoms with E-state index in [1.165, 1.54) is 32.1 Å². The lowest BCUT2D eigenvalue weighted by molar-refractivity contribution is -0.143. The van der Waals surface area contributed by atoms with Gasteiger partial charge in [0.15, 0.2) is 6.40 Å². The molecule has 1 aromatic heterocycles. The van der Waals surface area contributed by atoms with Crippen LogP contribution in [-0.4, -0.2) is 53.0 Å². The predicted molar refractivity (Wildman–Crippen MR) is 210 cm³/mol.